The van der Waals surface area contributed by atoms with Gasteiger partial charge in [0.1, 0.15) is 0 Å². The van der Waals surface area contributed by atoms with Crippen LogP contribution in [-0.2, 0) is 6.42 Å². The third kappa shape index (κ3) is 3.75. The molecule has 0 saturated carbocycles. The summed E-state index contributed by atoms with van der Waals surface area (Å²) in [7, 11) is 1.94. The lowest BCUT2D eigenvalue weighted by Crippen LogP contribution is -2.11. The molecule has 0 aliphatic carbocycles. The monoisotopic (exact) mass is 239 g/mol. The van der Waals surface area contributed by atoms with Gasteiger partial charge in [0.05, 0.1) is 0 Å². The number of benzene rings is 1. The van der Waals surface area contributed by atoms with Crippen molar-refractivity contribution in [2.45, 2.75) is 6.42 Å². The molecule has 0 unspecified atom stereocenters. The summed E-state index contributed by atoms with van der Waals surface area (Å²) in [5.74, 6) is 0. The van der Waals surface area contributed by atoms with Gasteiger partial charge < -0.3 is 5.32 Å². The molecule has 1 rings (SSSR count). The van der Waals surface area contributed by atoms with Crippen LogP contribution in [0.25, 0.3) is 0 Å². The zero-order valence-corrected chi connectivity index (χ0v) is 9.39. The Balaban J connectivity index is 2.58. The molecule has 0 amide bonds. The molecular formula is C11H14BrN. The molecule has 1 nitrogen and oxygen atoms in total. The van der Waals surface area contributed by atoms with Crippen molar-refractivity contribution in [3.8, 4) is 0 Å². The summed E-state index contributed by atoms with van der Waals surface area (Å²) in [5.41, 5.74) is 2.51. The molecule has 0 atom stereocenters. The van der Waals surface area contributed by atoms with E-state index in [-0.39, 0.29) is 0 Å². The molecule has 0 saturated heterocycles. The molecule has 70 valence electrons. The van der Waals surface area contributed by atoms with E-state index in [0.29, 0.717) is 0 Å². The first-order valence-corrected chi connectivity index (χ1v) is 5.07. The van der Waals surface area contributed by atoms with Gasteiger partial charge in [-0.15, -0.1) is 0 Å². The van der Waals surface area contributed by atoms with Crippen LogP contribution in [0.1, 0.15) is 5.56 Å². The molecule has 0 fully saturated rings. The molecule has 1 N–H and O–H groups in total. The van der Waals surface area contributed by atoms with Crippen LogP contribution in [0.15, 0.2) is 40.9 Å². The fourth-order valence-corrected chi connectivity index (χ4v) is 1.69. The maximum atomic E-state index is 3.99. The summed E-state index contributed by atoms with van der Waals surface area (Å²) >= 11 is 3.45. The van der Waals surface area contributed by atoms with Crippen molar-refractivity contribution in [3.63, 3.8) is 0 Å². The molecule has 0 radical (unpaired) electrons. The van der Waals surface area contributed by atoms with E-state index >= 15 is 0 Å². The van der Waals surface area contributed by atoms with E-state index in [1.807, 2.05) is 19.2 Å². The second kappa shape index (κ2) is 5.20. The van der Waals surface area contributed by atoms with Gasteiger partial charge in [0.15, 0.2) is 0 Å². The zero-order valence-electron chi connectivity index (χ0n) is 7.81. The predicted molar refractivity (Wildman–Crippen MR) is 60.9 cm³/mol. The topological polar surface area (TPSA) is 12.0 Å². The Kier molecular flexibility index (Phi) is 4.19. The van der Waals surface area contributed by atoms with Crippen LogP contribution < -0.4 is 5.32 Å². The fraction of sp³-hybridized carbons (Fsp3) is 0.273. The third-order valence-corrected chi connectivity index (χ3v) is 2.26. The van der Waals surface area contributed by atoms with Crippen molar-refractivity contribution in [2.24, 2.45) is 0 Å². The number of halogens is 1. The molecular weight excluding hydrogens is 226 g/mol. The summed E-state index contributed by atoms with van der Waals surface area (Å²) in [6.45, 7) is 4.87. The molecule has 0 spiro atoms. The Hall–Kier alpha value is -0.600. The van der Waals surface area contributed by atoms with Crippen molar-refractivity contribution in [2.75, 3.05) is 13.6 Å². The molecule has 0 aromatic heterocycles. The summed E-state index contributed by atoms with van der Waals surface area (Å²) in [4.78, 5) is 0. The quantitative estimate of drug-likeness (QED) is 0.798. The minimum Gasteiger partial charge on any atom is -0.316 e. The first-order chi connectivity index (χ1) is 6.22. The smallest absolute Gasteiger partial charge is 0.0178 e. The SMILES string of the molecule is C=C(CNC)Cc1cccc(Br)c1. The first-order valence-electron chi connectivity index (χ1n) is 4.28. The van der Waals surface area contributed by atoms with Gasteiger partial charge in [-0.2, -0.15) is 0 Å². The lowest BCUT2D eigenvalue weighted by molar-refractivity contribution is 0.857. The van der Waals surface area contributed by atoms with Gasteiger partial charge in [0.25, 0.3) is 0 Å². The normalized spacial score (nSPS) is 10.0. The van der Waals surface area contributed by atoms with Crippen molar-refractivity contribution in [3.05, 3.63) is 46.5 Å². The highest BCUT2D eigenvalue weighted by Crippen LogP contribution is 2.13. The molecule has 13 heavy (non-hydrogen) atoms. The summed E-state index contributed by atoms with van der Waals surface area (Å²) < 4.78 is 1.13. The van der Waals surface area contributed by atoms with Crippen LogP contribution in [0.3, 0.4) is 0 Å². The van der Waals surface area contributed by atoms with Gasteiger partial charge in [0, 0.05) is 11.0 Å². The molecule has 2 heteroatoms. The second-order valence-electron chi connectivity index (χ2n) is 3.09. The average Bonchev–Trinajstić information content (AvgIpc) is 2.04. The molecule has 0 bridgehead atoms. The van der Waals surface area contributed by atoms with E-state index < -0.39 is 0 Å². The molecule has 1 aromatic carbocycles. The van der Waals surface area contributed by atoms with E-state index in [4.69, 9.17) is 0 Å². The number of likely N-dealkylation sites (N-methyl/N-ethyl adjacent to an activating group) is 1. The number of nitrogens with one attached hydrogen (secondary N) is 1. The lowest BCUT2D eigenvalue weighted by Gasteiger charge is -2.04. The van der Waals surface area contributed by atoms with Crippen LogP contribution in [0.4, 0.5) is 0 Å². The van der Waals surface area contributed by atoms with E-state index in [2.05, 4.69) is 40.0 Å². The maximum Gasteiger partial charge on any atom is 0.0178 e. The highest BCUT2D eigenvalue weighted by atomic mass is 79.9. The largest absolute Gasteiger partial charge is 0.316 e. The van der Waals surface area contributed by atoms with Gasteiger partial charge in [-0.3, -0.25) is 0 Å². The predicted octanol–water partition coefficient (Wildman–Crippen LogP) is 2.77. The highest BCUT2D eigenvalue weighted by Gasteiger charge is 1.96. The Morgan fingerprint density at radius 1 is 1.54 bits per heavy atom. The summed E-state index contributed by atoms with van der Waals surface area (Å²) in [6.07, 6.45) is 0.945. The van der Waals surface area contributed by atoms with E-state index in [1.165, 1.54) is 11.1 Å². The number of hydrogen-bond acceptors (Lipinski definition) is 1. The van der Waals surface area contributed by atoms with Crippen LogP contribution in [0, 0.1) is 0 Å². The van der Waals surface area contributed by atoms with Crippen molar-refractivity contribution in [1.29, 1.82) is 0 Å². The van der Waals surface area contributed by atoms with Gasteiger partial charge >= 0.3 is 0 Å². The number of hydrogen-bond donors (Lipinski definition) is 1. The minimum atomic E-state index is 0.881. The molecule has 0 heterocycles. The maximum absolute atomic E-state index is 3.99. The van der Waals surface area contributed by atoms with Crippen molar-refractivity contribution in [1.82, 2.24) is 5.32 Å². The van der Waals surface area contributed by atoms with Crippen LogP contribution in [0.5, 0.6) is 0 Å². The van der Waals surface area contributed by atoms with Crippen molar-refractivity contribution < 1.29 is 0 Å². The Bertz CT molecular complexity index is 294. The van der Waals surface area contributed by atoms with E-state index in [9.17, 15) is 0 Å². The molecule has 1 aromatic rings. The molecule has 0 aliphatic rings. The Morgan fingerprint density at radius 3 is 2.92 bits per heavy atom. The minimum absolute atomic E-state index is 0.881. The lowest BCUT2D eigenvalue weighted by atomic mass is 10.1. The van der Waals surface area contributed by atoms with Crippen LogP contribution in [0.2, 0.25) is 0 Å². The summed E-state index contributed by atoms with van der Waals surface area (Å²) in [5, 5.41) is 3.09. The third-order valence-electron chi connectivity index (χ3n) is 1.77. The van der Waals surface area contributed by atoms with Gasteiger partial charge in [-0.25, -0.2) is 0 Å². The van der Waals surface area contributed by atoms with Crippen molar-refractivity contribution >= 4 is 15.9 Å². The van der Waals surface area contributed by atoms with Gasteiger partial charge in [0.2, 0.25) is 0 Å². The standard InChI is InChI=1S/C11H14BrN/c1-9(8-13-2)6-10-4-3-5-11(12)7-10/h3-5,7,13H,1,6,8H2,2H3. The van der Waals surface area contributed by atoms with E-state index in [1.54, 1.807) is 0 Å². The fourth-order valence-electron chi connectivity index (χ4n) is 1.25. The van der Waals surface area contributed by atoms with Gasteiger partial charge in [-0.05, 0) is 31.2 Å². The summed E-state index contributed by atoms with van der Waals surface area (Å²) in [6, 6.07) is 8.32. The highest BCUT2D eigenvalue weighted by molar-refractivity contribution is 9.10. The van der Waals surface area contributed by atoms with Crippen LogP contribution >= 0.6 is 15.9 Å². The van der Waals surface area contributed by atoms with Crippen LogP contribution in [-0.4, -0.2) is 13.6 Å². The average molecular weight is 240 g/mol. The molecule has 0 aliphatic heterocycles. The second-order valence-corrected chi connectivity index (χ2v) is 4.00. The Morgan fingerprint density at radius 2 is 2.31 bits per heavy atom. The van der Waals surface area contributed by atoms with E-state index in [0.717, 1.165) is 17.4 Å². The first kappa shape index (κ1) is 10.5. The van der Waals surface area contributed by atoms with Gasteiger partial charge in [-0.1, -0.05) is 40.2 Å². The Labute approximate surface area is 88.0 Å². The number of rotatable bonds is 4. The zero-order chi connectivity index (χ0) is 9.68.